The fourth-order valence-electron chi connectivity index (χ4n) is 3.72. The molecule has 2 aromatic heterocycles. The van der Waals surface area contributed by atoms with Crippen LogP contribution in [0.5, 0.6) is 0 Å². The number of allylic oxidation sites excluding steroid dienone is 1. The van der Waals surface area contributed by atoms with E-state index in [-0.39, 0.29) is 5.91 Å². The minimum absolute atomic E-state index is 0.236. The molecule has 0 aliphatic carbocycles. The van der Waals surface area contributed by atoms with Crippen LogP contribution in [0, 0.1) is 0 Å². The van der Waals surface area contributed by atoms with Crippen molar-refractivity contribution in [2.75, 3.05) is 10.6 Å². The molecule has 31 heavy (non-hydrogen) atoms. The summed E-state index contributed by atoms with van der Waals surface area (Å²) in [7, 11) is 0. The summed E-state index contributed by atoms with van der Waals surface area (Å²) in [6.45, 7) is 1.88. The van der Waals surface area contributed by atoms with Crippen molar-refractivity contribution >= 4 is 17.7 Å². The van der Waals surface area contributed by atoms with Gasteiger partial charge in [-0.05, 0) is 24.6 Å². The summed E-state index contributed by atoms with van der Waals surface area (Å²) >= 11 is 0. The molecule has 1 aliphatic rings. The Morgan fingerprint density at radius 3 is 2.39 bits per heavy atom. The smallest absolute Gasteiger partial charge is 0.257 e. The van der Waals surface area contributed by atoms with Crippen molar-refractivity contribution < 1.29 is 4.79 Å². The van der Waals surface area contributed by atoms with Crippen LogP contribution in [0.25, 0.3) is 11.4 Å². The molecule has 2 aromatic carbocycles. The number of nitrogens with one attached hydrogen (secondary N) is 2. The van der Waals surface area contributed by atoms with Gasteiger partial charge in [-0.2, -0.15) is 4.98 Å². The summed E-state index contributed by atoms with van der Waals surface area (Å²) in [4.78, 5) is 22.2. The monoisotopic (exact) mass is 408 g/mol. The van der Waals surface area contributed by atoms with E-state index in [1.54, 1.807) is 16.9 Å². The topological polar surface area (TPSA) is 84.7 Å². The highest BCUT2D eigenvalue weighted by atomic mass is 16.1. The van der Waals surface area contributed by atoms with Gasteiger partial charge in [0.2, 0.25) is 5.95 Å². The Kier molecular flexibility index (Phi) is 4.76. The number of aromatic nitrogens is 4. The predicted octanol–water partition coefficient (Wildman–Crippen LogP) is 4.27. The molecule has 2 N–H and O–H groups in total. The van der Waals surface area contributed by atoms with E-state index >= 15 is 0 Å². The summed E-state index contributed by atoms with van der Waals surface area (Å²) in [5.41, 5.74) is 3.14. The van der Waals surface area contributed by atoms with Crippen LogP contribution in [0.2, 0.25) is 0 Å². The second-order valence-corrected chi connectivity index (χ2v) is 7.22. The number of fused-ring (bicyclic) bond motifs is 1. The third-order valence-corrected chi connectivity index (χ3v) is 5.15. The lowest BCUT2D eigenvalue weighted by Gasteiger charge is -2.28. The zero-order valence-corrected chi connectivity index (χ0v) is 16.9. The number of hydrogen-bond donors (Lipinski definition) is 2. The molecule has 0 fully saturated rings. The summed E-state index contributed by atoms with van der Waals surface area (Å²) in [5.74, 6) is 1.46. The van der Waals surface area contributed by atoms with E-state index < -0.39 is 6.04 Å². The molecular formula is C24H20N6O. The van der Waals surface area contributed by atoms with Crippen molar-refractivity contribution in [2.24, 2.45) is 0 Å². The zero-order valence-electron chi connectivity index (χ0n) is 16.9. The third kappa shape index (κ3) is 3.57. The van der Waals surface area contributed by atoms with Crippen molar-refractivity contribution in [3.8, 4) is 11.4 Å². The highest BCUT2D eigenvalue weighted by molar-refractivity contribution is 6.05. The molecule has 0 spiro atoms. The number of carbonyl (C=O) groups is 1. The van der Waals surface area contributed by atoms with Crippen molar-refractivity contribution in [1.82, 2.24) is 19.7 Å². The molecule has 1 amide bonds. The van der Waals surface area contributed by atoms with Crippen molar-refractivity contribution in [3.63, 3.8) is 0 Å². The Labute approximate surface area is 179 Å². The largest absolute Gasteiger partial charge is 0.328 e. The molecule has 1 atom stereocenters. The average Bonchev–Trinajstić information content (AvgIpc) is 3.23. The van der Waals surface area contributed by atoms with Gasteiger partial charge in [0.05, 0.1) is 5.57 Å². The maximum atomic E-state index is 13.3. The number of benzene rings is 2. The van der Waals surface area contributed by atoms with E-state index in [4.69, 9.17) is 5.10 Å². The number of rotatable bonds is 4. The van der Waals surface area contributed by atoms with Gasteiger partial charge < -0.3 is 10.6 Å². The van der Waals surface area contributed by atoms with Crippen molar-refractivity contribution in [3.05, 3.63) is 102 Å². The molecule has 4 aromatic rings. The standard InChI is InChI=1S/C24H20N6O/c1-16-20(23(31)27-19-14-8-9-15-25-19)21(17-10-4-2-5-11-17)30-24(26-16)28-22(29-30)18-12-6-3-7-13-18/h2-15,21H,1H3,(H,25,27,31)(H,26,28,29)/t21-/m0/s1. The van der Waals surface area contributed by atoms with Gasteiger partial charge in [0.25, 0.3) is 5.91 Å². The molecule has 0 bridgehead atoms. The summed E-state index contributed by atoms with van der Waals surface area (Å²) in [6.07, 6.45) is 1.65. The van der Waals surface area contributed by atoms with Crippen molar-refractivity contribution in [2.45, 2.75) is 13.0 Å². The minimum atomic E-state index is -0.425. The molecule has 0 radical (unpaired) electrons. The second-order valence-electron chi connectivity index (χ2n) is 7.22. The maximum Gasteiger partial charge on any atom is 0.257 e. The lowest BCUT2D eigenvalue weighted by Crippen LogP contribution is -2.31. The quantitative estimate of drug-likeness (QED) is 0.527. The molecule has 7 heteroatoms. The van der Waals surface area contributed by atoms with Gasteiger partial charge in [-0.1, -0.05) is 66.7 Å². The van der Waals surface area contributed by atoms with E-state index in [9.17, 15) is 4.79 Å². The number of nitrogens with zero attached hydrogens (tertiary/aromatic N) is 4. The molecule has 0 saturated heterocycles. The normalized spacial score (nSPS) is 15.2. The van der Waals surface area contributed by atoms with Gasteiger partial charge in [0.15, 0.2) is 5.82 Å². The van der Waals surface area contributed by atoms with Crippen molar-refractivity contribution in [1.29, 1.82) is 0 Å². The predicted molar refractivity (Wildman–Crippen MR) is 119 cm³/mol. The van der Waals surface area contributed by atoms with E-state index in [2.05, 4.69) is 20.6 Å². The molecule has 7 nitrogen and oxygen atoms in total. The van der Waals surface area contributed by atoms with Crippen LogP contribution in [0.3, 0.4) is 0 Å². The van der Waals surface area contributed by atoms with Crippen LogP contribution >= 0.6 is 0 Å². The van der Waals surface area contributed by atoms with Crippen LogP contribution in [0.4, 0.5) is 11.8 Å². The van der Waals surface area contributed by atoms with Crippen LogP contribution in [-0.4, -0.2) is 25.7 Å². The SMILES string of the molecule is CC1=C(C(=O)Nc2ccccn2)[C@H](c2ccccc2)n2nc(-c3ccccc3)nc2N1. The Balaban J connectivity index is 1.60. The van der Waals surface area contributed by atoms with Gasteiger partial charge in [0.1, 0.15) is 11.9 Å². The lowest BCUT2D eigenvalue weighted by atomic mass is 9.95. The number of carbonyl (C=O) groups excluding carboxylic acids is 1. The number of pyridine rings is 1. The third-order valence-electron chi connectivity index (χ3n) is 5.15. The lowest BCUT2D eigenvalue weighted by molar-refractivity contribution is -0.113. The Bertz CT molecular complexity index is 1250. The van der Waals surface area contributed by atoms with Gasteiger partial charge in [-0.3, -0.25) is 4.79 Å². The molecule has 5 rings (SSSR count). The number of amides is 1. The van der Waals surface area contributed by atoms with E-state index in [0.29, 0.717) is 23.2 Å². The fourth-order valence-corrected chi connectivity index (χ4v) is 3.72. The fraction of sp³-hybridized carbons (Fsp3) is 0.0833. The average molecular weight is 408 g/mol. The van der Waals surface area contributed by atoms with Gasteiger partial charge in [-0.25, -0.2) is 9.67 Å². The second kappa shape index (κ2) is 7.87. The first kappa shape index (κ1) is 18.7. The van der Waals surface area contributed by atoms with Gasteiger partial charge in [-0.15, -0.1) is 5.10 Å². The van der Waals surface area contributed by atoms with Crippen LogP contribution in [-0.2, 0) is 4.79 Å². The first-order valence-corrected chi connectivity index (χ1v) is 9.98. The number of anilines is 2. The van der Waals surface area contributed by atoms with Crippen LogP contribution < -0.4 is 10.6 Å². The Hall–Kier alpha value is -4.26. The maximum absolute atomic E-state index is 13.3. The summed E-state index contributed by atoms with van der Waals surface area (Å²) in [5, 5.41) is 10.9. The van der Waals surface area contributed by atoms with Crippen LogP contribution in [0.1, 0.15) is 18.5 Å². The molecule has 3 heterocycles. The first-order chi connectivity index (χ1) is 15.2. The Morgan fingerprint density at radius 2 is 1.68 bits per heavy atom. The highest BCUT2D eigenvalue weighted by Gasteiger charge is 2.34. The summed E-state index contributed by atoms with van der Waals surface area (Å²) < 4.78 is 1.78. The van der Waals surface area contributed by atoms with E-state index in [0.717, 1.165) is 16.8 Å². The summed E-state index contributed by atoms with van der Waals surface area (Å²) in [6, 6.07) is 24.6. The molecule has 0 unspecified atom stereocenters. The molecule has 152 valence electrons. The first-order valence-electron chi connectivity index (χ1n) is 9.98. The van der Waals surface area contributed by atoms with Gasteiger partial charge in [0, 0.05) is 17.5 Å². The highest BCUT2D eigenvalue weighted by Crippen LogP contribution is 2.36. The van der Waals surface area contributed by atoms with E-state index in [1.807, 2.05) is 79.7 Å². The van der Waals surface area contributed by atoms with E-state index in [1.165, 1.54) is 0 Å². The Morgan fingerprint density at radius 1 is 0.968 bits per heavy atom. The van der Waals surface area contributed by atoms with Gasteiger partial charge >= 0.3 is 0 Å². The zero-order chi connectivity index (χ0) is 21.2. The molecule has 0 saturated carbocycles. The molecular weight excluding hydrogens is 388 g/mol. The molecule has 1 aliphatic heterocycles. The van der Waals surface area contributed by atoms with Crippen LogP contribution in [0.15, 0.2) is 96.3 Å². The minimum Gasteiger partial charge on any atom is -0.328 e. The number of hydrogen-bond acceptors (Lipinski definition) is 5.